The van der Waals surface area contributed by atoms with E-state index in [0.29, 0.717) is 33.3 Å². The van der Waals surface area contributed by atoms with E-state index < -0.39 is 17.7 Å². The number of nitrogens with zero attached hydrogens (tertiary/aromatic N) is 2. The van der Waals surface area contributed by atoms with Crippen LogP contribution in [0.1, 0.15) is 22.7 Å². The maximum atomic E-state index is 13.3. The number of hydrogen-bond donors (Lipinski definition) is 1. The van der Waals surface area contributed by atoms with Crippen LogP contribution in [0.3, 0.4) is 0 Å². The van der Waals surface area contributed by atoms with Crippen molar-refractivity contribution in [1.29, 1.82) is 0 Å². The van der Waals surface area contributed by atoms with Crippen LogP contribution in [0.4, 0.5) is 5.69 Å². The summed E-state index contributed by atoms with van der Waals surface area (Å²) < 4.78 is 10.7. The van der Waals surface area contributed by atoms with Crippen molar-refractivity contribution in [2.24, 2.45) is 0 Å². The second-order valence-corrected chi connectivity index (χ2v) is 7.88. The van der Waals surface area contributed by atoms with Crippen molar-refractivity contribution < 1.29 is 24.2 Å². The van der Waals surface area contributed by atoms with Crippen LogP contribution in [0.5, 0.6) is 11.5 Å². The molecular weight excluding hydrogens is 444 g/mol. The molecule has 0 bridgehead atoms. The van der Waals surface area contributed by atoms with Gasteiger partial charge < -0.3 is 14.6 Å². The molecule has 0 radical (unpaired) electrons. The highest BCUT2D eigenvalue weighted by Gasteiger charge is 2.47. The molecule has 0 spiro atoms. The Morgan fingerprint density at radius 1 is 1.03 bits per heavy atom. The molecule has 2 aromatic carbocycles. The van der Waals surface area contributed by atoms with E-state index in [1.165, 1.54) is 19.1 Å². The summed E-state index contributed by atoms with van der Waals surface area (Å²) in [5.41, 5.74) is 2.01. The first kappa shape index (κ1) is 22.4. The molecule has 7 nitrogen and oxygen atoms in total. The number of carbonyl (C=O) groups is 2. The molecule has 33 heavy (non-hydrogen) atoms. The average molecular weight is 465 g/mol. The number of pyridine rings is 1. The Kier molecular flexibility index (Phi) is 6.07. The Morgan fingerprint density at radius 3 is 2.39 bits per heavy atom. The predicted octanol–water partition coefficient (Wildman–Crippen LogP) is 4.69. The third-order valence-electron chi connectivity index (χ3n) is 5.55. The van der Waals surface area contributed by atoms with Crippen LogP contribution < -0.4 is 14.4 Å². The minimum atomic E-state index is -0.885. The molecule has 1 N–H and O–H groups in total. The summed E-state index contributed by atoms with van der Waals surface area (Å²) in [7, 11) is 2.94. The fraction of sp³-hybridized carbons (Fsp3) is 0.160. The smallest absolute Gasteiger partial charge is 0.300 e. The number of anilines is 1. The Balaban J connectivity index is 1.99. The van der Waals surface area contributed by atoms with Crippen LogP contribution in [-0.2, 0) is 9.59 Å². The molecule has 2 heterocycles. The number of aliphatic hydroxyl groups excluding tert-OH is 1. The topological polar surface area (TPSA) is 89.0 Å². The number of methoxy groups -OCH3 is 2. The molecule has 1 saturated heterocycles. The largest absolute Gasteiger partial charge is 0.507 e. The molecule has 0 saturated carbocycles. The standard InChI is InChI=1S/C25H21ClN2O5/c1-14-12-16(26)4-6-19(14)28-22(15-8-10-27-11-9-15)21(24(30)25(28)31)23(29)18-13-17(32-2)5-7-20(18)33-3/h4-13,22,29H,1-3H3/b23-21+. The quantitative estimate of drug-likeness (QED) is 0.335. The van der Waals surface area contributed by atoms with E-state index in [9.17, 15) is 14.7 Å². The molecule has 1 atom stereocenters. The average Bonchev–Trinajstić information content (AvgIpc) is 3.09. The number of amides is 1. The molecule has 8 heteroatoms. The van der Waals surface area contributed by atoms with Crippen molar-refractivity contribution in [3.8, 4) is 11.5 Å². The highest BCUT2D eigenvalue weighted by atomic mass is 35.5. The van der Waals surface area contributed by atoms with Crippen molar-refractivity contribution >= 4 is 34.7 Å². The van der Waals surface area contributed by atoms with E-state index >= 15 is 0 Å². The molecule has 1 unspecified atom stereocenters. The summed E-state index contributed by atoms with van der Waals surface area (Å²) in [5.74, 6) is -1.14. The van der Waals surface area contributed by atoms with Crippen LogP contribution in [0.2, 0.25) is 5.02 Å². The van der Waals surface area contributed by atoms with Gasteiger partial charge in [0.15, 0.2) is 0 Å². The van der Waals surface area contributed by atoms with E-state index in [-0.39, 0.29) is 16.9 Å². The highest BCUT2D eigenvalue weighted by molar-refractivity contribution is 6.52. The van der Waals surface area contributed by atoms with Crippen molar-refractivity contribution in [2.45, 2.75) is 13.0 Å². The van der Waals surface area contributed by atoms with Gasteiger partial charge in [-0.05, 0) is 66.6 Å². The number of aryl methyl sites for hydroxylation is 1. The van der Waals surface area contributed by atoms with Crippen LogP contribution >= 0.6 is 11.6 Å². The Bertz CT molecular complexity index is 1270. The lowest BCUT2D eigenvalue weighted by Gasteiger charge is -2.27. The number of hydrogen-bond acceptors (Lipinski definition) is 6. The minimum Gasteiger partial charge on any atom is -0.507 e. The molecule has 1 aliphatic rings. The Labute approximate surface area is 195 Å². The summed E-state index contributed by atoms with van der Waals surface area (Å²) in [6.07, 6.45) is 3.13. The number of Topliss-reactive ketones (excluding diaryl/α,β-unsaturated/α-hetero) is 1. The first-order valence-electron chi connectivity index (χ1n) is 10.1. The van der Waals surface area contributed by atoms with Crippen LogP contribution in [0.25, 0.3) is 5.76 Å². The molecule has 1 aromatic heterocycles. The van der Waals surface area contributed by atoms with Crippen LogP contribution in [0.15, 0.2) is 66.5 Å². The molecule has 0 aliphatic carbocycles. The van der Waals surface area contributed by atoms with Gasteiger partial charge in [0, 0.05) is 23.1 Å². The molecule has 4 rings (SSSR count). The number of benzene rings is 2. The number of aliphatic hydroxyl groups is 1. The van der Waals surface area contributed by atoms with Gasteiger partial charge in [-0.1, -0.05) is 11.6 Å². The van der Waals surface area contributed by atoms with Crippen LogP contribution in [-0.4, -0.2) is 36.0 Å². The van der Waals surface area contributed by atoms with Gasteiger partial charge in [-0.3, -0.25) is 19.5 Å². The molecular formula is C25H21ClN2O5. The van der Waals surface area contributed by atoms with Crippen molar-refractivity contribution in [1.82, 2.24) is 4.98 Å². The van der Waals surface area contributed by atoms with E-state index in [4.69, 9.17) is 21.1 Å². The van der Waals surface area contributed by atoms with Crippen LogP contribution in [0, 0.1) is 6.92 Å². The summed E-state index contributed by atoms with van der Waals surface area (Å²) >= 11 is 6.11. The van der Waals surface area contributed by atoms with E-state index in [1.807, 2.05) is 0 Å². The van der Waals surface area contributed by atoms with Crippen molar-refractivity contribution in [3.63, 3.8) is 0 Å². The van der Waals surface area contributed by atoms with Crippen molar-refractivity contribution in [3.05, 3.63) is 88.2 Å². The summed E-state index contributed by atoms with van der Waals surface area (Å²) in [4.78, 5) is 32.0. The normalized spacial score (nSPS) is 17.3. The van der Waals surface area contributed by atoms with Gasteiger partial charge >= 0.3 is 0 Å². The monoisotopic (exact) mass is 464 g/mol. The second-order valence-electron chi connectivity index (χ2n) is 7.45. The molecule has 1 fully saturated rings. The zero-order valence-electron chi connectivity index (χ0n) is 18.2. The maximum Gasteiger partial charge on any atom is 0.300 e. The zero-order chi connectivity index (χ0) is 23.7. The number of carbonyl (C=O) groups excluding carboxylic acids is 2. The van der Waals surface area contributed by atoms with E-state index in [2.05, 4.69) is 4.98 Å². The molecule has 168 valence electrons. The number of ketones is 1. The Hall–Kier alpha value is -3.84. The lowest BCUT2D eigenvalue weighted by atomic mass is 9.95. The predicted molar refractivity (Wildman–Crippen MR) is 125 cm³/mol. The van der Waals surface area contributed by atoms with Gasteiger partial charge in [0.2, 0.25) is 0 Å². The number of rotatable bonds is 5. The van der Waals surface area contributed by atoms with Crippen molar-refractivity contribution in [2.75, 3.05) is 19.1 Å². The molecule has 3 aromatic rings. The Morgan fingerprint density at radius 2 is 1.76 bits per heavy atom. The molecule has 1 amide bonds. The lowest BCUT2D eigenvalue weighted by Crippen LogP contribution is -2.30. The second kappa shape index (κ2) is 8.96. The van der Waals surface area contributed by atoms with E-state index in [1.54, 1.807) is 67.8 Å². The number of ether oxygens (including phenoxy) is 2. The zero-order valence-corrected chi connectivity index (χ0v) is 19.0. The fourth-order valence-electron chi connectivity index (χ4n) is 3.98. The van der Waals surface area contributed by atoms with Gasteiger partial charge in [-0.25, -0.2) is 0 Å². The third-order valence-corrected chi connectivity index (χ3v) is 5.78. The van der Waals surface area contributed by atoms with Gasteiger partial charge in [-0.2, -0.15) is 0 Å². The third kappa shape index (κ3) is 3.91. The summed E-state index contributed by atoms with van der Waals surface area (Å²) in [6.45, 7) is 1.80. The minimum absolute atomic E-state index is 0.0629. The van der Waals surface area contributed by atoms with Gasteiger partial charge in [-0.15, -0.1) is 0 Å². The molecule has 1 aliphatic heterocycles. The van der Waals surface area contributed by atoms with Gasteiger partial charge in [0.1, 0.15) is 17.3 Å². The summed E-state index contributed by atoms with van der Waals surface area (Å²) in [5, 5.41) is 11.9. The summed E-state index contributed by atoms with van der Waals surface area (Å²) in [6, 6.07) is 12.4. The maximum absolute atomic E-state index is 13.3. The fourth-order valence-corrected chi connectivity index (χ4v) is 4.20. The SMILES string of the molecule is COc1ccc(OC)c(/C(O)=C2\C(=O)C(=O)N(c3ccc(Cl)cc3C)C2c2ccncc2)c1. The van der Waals surface area contributed by atoms with Gasteiger partial charge in [0.05, 0.1) is 31.4 Å². The first-order chi connectivity index (χ1) is 15.9. The first-order valence-corrected chi connectivity index (χ1v) is 10.4. The number of halogens is 1. The number of aromatic nitrogens is 1. The highest BCUT2D eigenvalue weighted by Crippen LogP contribution is 2.44. The van der Waals surface area contributed by atoms with Gasteiger partial charge in [0.25, 0.3) is 11.7 Å². The van der Waals surface area contributed by atoms with E-state index in [0.717, 1.165) is 0 Å². The lowest BCUT2D eigenvalue weighted by molar-refractivity contribution is -0.132.